The van der Waals surface area contributed by atoms with E-state index in [-0.39, 0.29) is 11.6 Å². The van der Waals surface area contributed by atoms with Crippen molar-refractivity contribution in [1.29, 1.82) is 0 Å². The molecule has 0 aliphatic carbocycles. The standard InChI is InChI=1S/C13H8F3N3O/c14-13(15,16)8-3-1-7(2-4-8)11-19-10-5-9(17)6-18-12(10)20-11/h1-6H,17H2. The van der Waals surface area contributed by atoms with Gasteiger partial charge < -0.3 is 10.2 Å². The summed E-state index contributed by atoms with van der Waals surface area (Å²) < 4.78 is 42.8. The molecule has 1 aromatic carbocycles. The molecule has 3 rings (SSSR count). The van der Waals surface area contributed by atoms with Crippen molar-refractivity contribution in [3.8, 4) is 11.5 Å². The average molecular weight is 279 g/mol. The molecule has 0 spiro atoms. The van der Waals surface area contributed by atoms with Crippen molar-refractivity contribution in [1.82, 2.24) is 9.97 Å². The number of nitrogen functional groups attached to an aromatic ring is 1. The molecule has 0 bridgehead atoms. The molecule has 0 radical (unpaired) electrons. The maximum absolute atomic E-state index is 12.5. The lowest BCUT2D eigenvalue weighted by atomic mass is 10.1. The van der Waals surface area contributed by atoms with Gasteiger partial charge in [-0.2, -0.15) is 13.2 Å². The zero-order chi connectivity index (χ0) is 14.3. The molecule has 2 aromatic heterocycles. The van der Waals surface area contributed by atoms with Crippen molar-refractivity contribution in [2.75, 3.05) is 5.73 Å². The first-order valence-electron chi connectivity index (χ1n) is 5.63. The molecule has 3 aromatic rings. The number of fused-ring (bicyclic) bond motifs is 1. The van der Waals surface area contributed by atoms with Gasteiger partial charge in [0.2, 0.25) is 11.6 Å². The van der Waals surface area contributed by atoms with Crippen LogP contribution in [0.3, 0.4) is 0 Å². The predicted molar refractivity (Wildman–Crippen MR) is 66.7 cm³/mol. The zero-order valence-electron chi connectivity index (χ0n) is 9.98. The number of benzene rings is 1. The van der Waals surface area contributed by atoms with Gasteiger partial charge in [-0.05, 0) is 30.3 Å². The lowest BCUT2D eigenvalue weighted by Gasteiger charge is -2.05. The number of halogens is 3. The minimum Gasteiger partial charge on any atom is -0.418 e. The van der Waals surface area contributed by atoms with Crippen LogP contribution in [-0.2, 0) is 6.18 Å². The third kappa shape index (κ3) is 2.18. The number of alkyl halides is 3. The smallest absolute Gasteiger partial charge is 0.416 e. The zero-order valence-corrected chi connectivity index (χ0v) is 9.98. The summed E-state index contributed by atoms with van der Waals surface area (Å²) in [7, 11) is 0. The molecule has 2 N–H and O–H groups in total. The molecule has 4 nitrogen and oxygen atoms in total. The van der Waals surface area contributed by atoms with Crippen molar-refractivity contribution in [3.63, 3.8) is 0 Å². The topological polar surface area (TPSA) is 64.9 Å². The molecule has 20 heavy (non-hydrogen) atoms. The number of hydrogen-bond acceptors (Lipinski definition) is 4. The highest BCUT2D eigenvalue weighted by molar-refractivity contribution is 5.75. The maximum Gasteiger partial charge on any atom is 0.416 e. The first kappa shape index (κ1) is 12.5. The Balaban J connectivity index is 2.02. The van der Waals surface area contributed by atoms with Crippen LogP contribution in [0.25, 0.3) is 22.7 Å². The molecule has 0 aliphatic rings. The van der Waals surface area contributed by atoms with Crippen LogP contribution in [0.15, 0.2) is 40.9 Å². The molecule has 0 saturated carbocycles. The molecule has 0 atom stereocenters. The van der Waals surface area contributed by atoms with E-state index in [1.165, 1.54) is 18.3 Å². The van der Waals surface area contributed by atoms with Gasteiger partial charge in [0.05, 0.1) is 17.4 Å². The molecule has 7 heteroatoms. The summed E-state index contributed by atoms with van der Waals surface area (Å²) in [5, 5.41) is 0. The van der Waals surface area contributed by atoms with E-state index in [0.717, 1.165) is 12.1 Å². The van der Waals surface area contributed by atoms with E-state index in [2.05, 4.69) is 9.97 Å². The normalized spacial score (nSPS) is 11.9. The Hall–Kier alpha value is -2.57. The van der Waals surface area contributed by atoms with Gasteiger partial charge >= 0.3 is 6.18 Å². The van der Waals surface area contributed by atoms with Crippen LogP contribution in [0.2, 0.25) is 0 Å². The second kappa shape index (κ2) is 4.22. The van der Waals surface area contributed by atoms with Crippen molar-refractivity contribution >= 4 is 16.9 Å². The summed E-state index contributed by atoms with van der Waals surface area (Å²) in [5.74, 6) is 0.201. The van der Waals surface area contributed by atoms with Gasteiger partial charge in [-0.3, -0.25) is 0 Å². The number of hydrogen-bond donors (Lipinski definition) is 1. The maximum atomic E-state index is 12.5. The van der Waals surface area contributed by atoms with Crippen LogP contribution in [0.5, 0.6) is 0 Å². The van der Waals surface area contributed by atoms with Crippen LogP contribution in [0.4, 0.5) is 18.9 Å². The van der Waals surface area contributed by atoms with Crippen molar-refractivity contribution < 1.29 is 17.6 Å². The second-order valence-corrected chi connectivity index (χ2v) is 4.19. The minimum atomic E-state index is -4.37. The van der Waals surface area contributed by atoms with Gasteiger partial charge in [0.15, 0.2) is 0 Å². The van der Waals surface area contributed by atoms with E-state index in [1.807, 2.05) is 0 Å². The Kier molecular flexibility index (Phi) is 2.63. The third-order valence-corrected chi connectivity index (χ3v) is 2.73. The second-order valence-electron chi connectivity index (χ2n) is 4.19. The molecular weight excluding hydrogens is 271 g/mol. The Morgan fingerprint density at radius 2 is 1.80 bits per heavy atom. The van der Waals surface area contributed by atoms with E-state index in [4.69, 9.17) is 10.2 Å². The fourth-order valence-electron chi connectivity index (χ4n) is 1.76. The number of nitrogens with two attached hydrogens (primary N) is 1. The number of pyridine rings is 1. The largest absolute Gasteiger partial charge is 0.418 e. The molecule has 0 saturated heterocycles. The fraction of sp³-hybridized carbons (Fsp3) is 0.0769. The van der Waals surface area contributed by atoms with E-state index in [0.29, 0.717) is 16.8 Å². The first-order chi connectivity index (χ1) is 9.43. The number of aromatic nitrogens is 2. The van der Waals surface area contributed by atoms with Gasteiger partial charge in [-0.15, -0.1) is 0 Å². The molecule has 0 unspecified atom stereocenters. The summed E-state index contributed by atoms with van der Waals surface area (Å²) in [6.45, 7) is 0. The highest BCUT2D eigenvalue weighted by Gasteiger charge is 2.30. The van der Waals surface area contributed by atoms with Crippen molar-refractivity contribution in [2.45, 2.75) is 6.18 Å². The lowest BCUT2D eigenvalue weighted by molar-refractivity contribution is -0.137. The summed E-state index contributed by atoms with van der Waals surface area (Å²) in [6, 6.07) is 6.14. The molecule has 0 fully saturated rings. The molecule has 2 heterocycles. The van der Waals surface area contributed by atoms with Gasteiger partial charge in [0.25, 0.3) is 0 Å². The third-order valence-electron chi connectivity index (χ3n) is 2.73. The fourth-order valence-corrected chi connectivity index (χ4v) is 1.76. The number of rotatable bonds is 1. The number of anilines is 1. The van der Waals surface area contributed by atoms with Crippen LogP contribution in [0.1, 0.15) is 5.56 Å². The summed E-state index contributed by atoms with van der Waals surface area (Å²) in [5.41, 5.74) is 6.47. The van der Waals surface area contributed by atoms with E-state index in [9.17, 15) is 13.2 Å². The quantitative estimate of drug-likeness (QED) is 0.740. The van der Waals surface area contributed by atoms with Crippen molar-refractivity contribution in [2.24, 2.45) is 0 Å². The lowest BCUT2D eigenvalue weighted by Crippen LogP contribution is -2.03. The Bertz CT molecular complexity index is 763. The van der Waals surface area contributed by atoms with Crippen LogP contribution in [0, 0.1) is 0 Å². The highest BCUT2D eigenvalue weighted by Crippen LogP contribution is 2.31. The first-order valence-corrected chi connectivity index (χ1v) is 5.63. The predicted octanol–water partition coefficient (Wildman–Crippen LogP) is 3.49. The molecular formula is C13H8F3N3O. The van der Waals surface area contributed by atoms with E-state index >= 15 is 0 Å². The average Bonchev–Trinajstić information content (AvgIpc) is 2.80. The Morgan fingerprint density at radius 1 is 1.10 bits per heavy atom. The van der Waals surface area contributed by atoms with Gasteiger partial charge in [-0.25, -0.2) is 9.97 Å². The highest BCUT2D eigenvalue weighted by atomic mass is 19.4. The Labute approximate surface area is 111 Å². The molecule has 0 amide bonds. The van der Waals surface area contributed by atoms with Crippen LogP contribution >= 0.6 is 0 Å². The molecule has 0 aliphatic heterocycles. The molecule has 102 valence electrons. The SMILES string of the molecule is Nc1cnc2oc(-c3ccc(C(F)(F)F)cc3)nc2c1. The van der Waals surface area contributed by atoms with Crippen molar-refractivity contribution in [3.05, 3.63) is 42.1 Å². The van der Waals surface area contributed by atoms with Crippen LogP contribution < -0.4 is 5.73 Å². The Morgan fingerprint density at radius 3 is 2.45 bits per heavy atom. The van der Waals surface area contributed by atoms with Crippen LogP contribution in [-0.4, -0.2) is 9.97 Å². The van der Waals surface area contributed by atoms with E-state index < -0.39 is 11.7 Å². The number of nitrogens with zero attached hydrogens (tertiary/aromatic N) is 2. The van der Waals surface area contributed by atoms with Gasteiger partial charge in [-0.1, -0.05) is 0 Å². The monoisotopic (exact) mass is 279 g/mol. The number of oxazole rings is 1. The summed E-state index contributed by atoms with van der Waals surface area (Å²) in [6.07, 6.45) is -2.94. The van der Waals surface area contributed by atoms with Gasteiger partial charge in [0, 0.05) is 5.56 Å². The van der Waals surface area contributed by atoms with Gasteiger partial charge in [0.1, 0.15) is 5.52 Å². The summed E-state index contributed by atoms with van der Waals surface area (Å²) in [4.78, 5) is 8.09. The van der Waals surface area contributed by atoms with E-state index in [1.54, 1.807) is 6.07 Å². The summed E-state index contributed by atoms with van der Waals surface area (Å²) >= 11 is 0. The minimum absolute atomic E-state index is 0.201.